The van der Waals surface area contributed by atoms with Crippen molar-refractivity contribution in [1.29, 1.82) is 0 Å². The van der Waals surface area contributed by atoms with Crippen molar-refractivity contribution in [3.05, 3.63) is 35.4 Å². The summed E-state index contributed by atoms with van der Waals surface area (Å²) in [5.74, 6) is -0.974. The first kappa shape index (κ1) is 15.9. The average molecular weight is 297 g/mol. The first-order valence-corrected chi connectivity index (χ1v) is 7.24. The maximum atomic E-state index is 13.7. The maximum absolute atomic E-state index is 13.7. The number of carbonyl (C=O) groups is 1. The molecule has 1 atom stereocenters. The van der Waals surface area contributed by atoms with E-state index in [-0.39, 0.29) is 11.8 Å². The quantitative estimate of drug-likeness (QED) is 0.860. The topological polar surface area (TPSA) is 58.4 Å². The SMILES string of the molecule is NCCNC(=O)C1CCCN(Cc2cc(F)ccc2F)C1. The summed E-state index contributed by atoms with van der Waals surface area (Å²) in [6, 6.07) is 3.46. The summed E-state index contributed by atoms with van der Waals surface area (Å²) in [7, 11) is 0. The summed E-state index contributed by atoms with van der Waals surface area (Å²) < 4.78 is 26.8. The minimum Gasteiger partial charge on any atom is -0.355 e. The summed E-state index contributed by atoms with van der Waals surface area (Å²) in [6.45, 7) is 2.55. The number of nitrogens with two attached hydrogens (primary N) is 1. The maximum Gasteiger partial charge on any atom is 0.224 e. The van der Waals surface area contributed by atoms with E-state index in [0.29, 0.717) is 31.7 Å². The van der Waals surface area contributed by atoms with Crippen molar-refractivity contribution < 1.29 is 13.6 Å². The molecule has 3 N–H and O–H groups in total. The fourth-order valence-corrected chi connectivity index (χ4v) is 2.66. The molecular weight excluding hydrogens is 276 g/mol. The first-order chi connectivity index (χ1) is 10.1. The average Bonchev–Trinajstić information content (AvgIpc) is 2.49. The molecule has 1 aliphatic heterocycles. The van der Waals surface area contributed by atoms with E-state index < -0.39 is 11.6 Å². The molecule has 0 spiro atoms. The minimum absolute atomic E-state index is 0.00939. The summed E-state index contributed by atoms with van der Waals surface area (Å²) in [5, 5.41) is 2.78. The lowest BCUT2D eigenvalue weighted by Gasteiger charge is -2.32. The molecule has 0 bridgehead atoms. The molecule has 0 radical (unpaired) electrons. The second kappa shape index (κ2) is 7.47. The zero-order valence-corrected chi connectivity index (χ0v) is 11.9. The Morgan fingerprint density at radius 2 is 2.24 bits per heavy atom. The largest absolute Gasteiger partial charge is 0.355 e. The first-order valence-electron chi connectivity index (χ1n) is 7.24. The number of rotatable bonds is 5. The number of hydrogen-bond acceptors (Lipinski definition) is 3. The Kier molecular flexibility index (Phi) is 5.64. The molecule has 0 aliphatic carbocycles. The second-order valence-electron chi connectivity index (χ2n) is 5.39. The molecule has 1 amide bonds. The third-order valence-corrected chi connectivity index (χ3v) is 3.72. The monoisotopic (exact) mass is 297 g/mol. The van der Waals surface area contributed by atoms with Crippen LogP contribution in [0.5, 0.6) is 0 Å². The van der Waals surface area contributed by atoms with Gasteiger partial charge in [0.05, 0.1) is 5.92 Å². The molecule has 1 aromatic rings. The standard InChI is InChI=1S/C15H21F2N3O/c16-13-3-4-14(17)12(8-13)10-20-7-1-2-11(9-20)15(21)19-6-5-18/h3-4,8,11H,1-2,5-7,9-10,18H2,(H,19,21). The molecule has 1 fully saturated rings. The van der Waals surface area contributed by atoms with Crippen LogP contribution in [-0.2, 0) is 11.3 Å². The number of nitrogens with one attached hydrogen (secondary N) is 1. The van der Waals surface area contributed by atoms with E-state index in [1.807, 2.05) is 4.90 Å². The van der Waals surface area contributed by atoms with Gasteiger partial charge in [0.1, 0.15) is 11.6 Å². The van der Waals surface area contributed by atoms with E-state index in [9.17, 15) is 13.6 Å². The molecule has 1 saturated heterocycles. The Hall–Kier alpha value is -1.53. The van der Waals surface area contributed by atoms with Crippen LogP contribution in [0.15, 0.2) is 18.2 Å². The normalized spacial score (nSPS) is 19.5. The summed E-state index contributed by atoms with van der Waals surface area (Å²) in [5.41, 5.74) is 5.70. The minimum atomic E-state index is -0.444. The van der Waals surface area contributed by atoms with Crippen LogP contribution in [0.3, 0.4) is 0 Å². The van der Waals surface area contributed by atoms with Crippen molar-refractivity contribution in [3.63, 3.8) is 0 Å². The van der Waals surface area contributed by atoms with Gasteiger partial charge in [-0.1, -0.05) is 0 Å². The highest BCUT2D eigenvalue weighted by Crippen LogP contribution is 2.20. The van der Waals surface area contributed by atoms with Gasteiger partial charge in [-0.3, -0.25) is 9.69 Å². The summed E-state index contributed by atoms with van der Waals surface area (Å²) in [6.07, 6.45) is 1.69. The summed E-state index contributed by atoms with van der Waals surface area (Å²) >= 11 is 0. The predicted octanol–water partition coefficient (Wildman–Crippen LogP) is 1.25. The third kappa shape index (κ3) is 4.47. The lowest BCUT2D eigenvalue weighted by molar-refractivity contribution is -0.126. The van der Waals surface area contributed by atoms with Crippen molar-refractivity contribution in [2.24, 2.45) is 11.7 Å². The number of carbonyl (C=O) groups excluding carboxylic acids is 1. The van der Waals surface area contributed by atoms with Crippen molar-refractivity contribution >= 4 is 5.91 Å². The molecule has 21 heavy (non-hydrogen) atoms. The highest BCUT2D eigenvalue weighted by molar-refractivity contribution is 5.78. The van der Waals surface area contributed by atoms with E-state index >= 15 is 0 Å². The van der Waals surface area contributed by atoms with E-state index in [1.54, 1.807) is 0 Å². The number of hydrogen-bond donors (Lipinski definition) is 2. The Labute approximate surface area is 123 Å². The van der Waals surface area contributed by atoms with Gasteiger partial charge in [-0.25, -0.2) is 8.78 Å². The molecule has 1 unspecified atom stereocenters. The van der Waals surface area contributed by atoms with Gasteiger partial charge in [-0.15, -0.1) is 0 Å². The number of piperidine rings is 1. The summed E-state index contributed by atoms with van der Waals surface area (Å²) in [4.78, 5) is 13.9. The number of nitrogens with zero attached hydrogens (tertiary/aromatic N) is 1. The fourth-order valence-electron chi connectivity index (χ4n) is 2.66. The van der Waals surface area contributed by atoms with Gasteiger partial charge in [0.15, 0.2) is 0 Å². The van der Waals surface area contributed by atoms with Crippen LogP contribution in [0.25, 0.3) is 0 Å². The van der Waals surface area contributed by atoms with Crippen molar-refractivity contribution in [3.8, 4) is 0 Å². The predicted molar refractivity (Wildman–Crippen MR) is 76.4 cm³/mol. The molecule has 6 heteroatoms. The molecule has 1 heterocycles. The number of amides is 1. The molecular formula is C15H21F2N3O. The zero-order chi connectivity index (χ0) is 15.2. The molecule has 1 aliphatic rings. The van der Waals surface area contributed by atoms with Crippen LogP contribution in [0, 0.1) is 17.6 Å². The number of halogens is 2. The molecule has 0 saturated carbocycles. The van der Waals surface area contributed by atoms with Crippen molar-refractivity contribution in [1.82, 2.24) is 10.2 Å². The van der Waals surface area contributed by atoms with Gasteiger partial charge in [0.25, 0.3) is 0 Å². The van der Waals surface area contributed by atoms with E-state index in [2.05, 4.69) is 5.32 Å². The number of likely N-dealkylation sites (tertiary alicyclic amines) is 1. The van der Waals surface area contributed by atoms with Crippen LogP contribution >= 0.6 is 0 Å². The molecule has 116 valence electrons. The van der Waals surface area contributed by atoms with Crippen molar-refractivity contribution in [2.45, 2.75) is 19.4 Å². The molecule has 2 rings (SSSR count). The van der Waals surface area contributed by atoms with E-state index in [1.165, 1.54) is 6.07 Å². The van der Waals surface area contributed by atoms with Crippen LogP contribution in [0.2, 0.25) is 0 Å². The van der Waals surface area contributed by atoms with E-state index in [4.69, 9.17) is 5.73 Å². The van der Waals surface area contributed by atoms with E-state index in [0.717, 1.165) is 31.5 Å². The van der Waals surface area contributed by atoms with Gasteiger partial charge in [-0.05, 0) is 37.6 Å². The Balaban J connectivity index is 1.94. The van der Waals surface area contributed by atoms with Gasteiger partial charge >= 0.3 is 0 Å². The van der Waals surface area contributed by atoms with Gasteiger partial charge < -0.3 is 11.1 Å². The fraction of sp³-hybridized carbons (Fsp3) is 0.533. The molecule has 1 aromatic carbocycles. The van der Waals surface area contributed by atoms with Crippen molar-refractivity contribution in [2.75, 3.05) is 26.2 Å². The van der Waals surface area contributed by atoms with Crippen LogP contribution in [-0.4, -0.2) is 37.0 Å². The zero-order valence-electron chi connectivity index (χ0n) is 11.9. The Morgan fingerprint density at radius 3 is 3.00 bits per heavy atom. The lowest BCUT2D eigenvalue weighted by atomic mass is 9.96. The van der Waals surface area contributed by atoms with Crippen LogP contribution in [0.1, 0.15) is 18.4 Å². The van der Waals surface area contributed by atoms with Gasteiger partial charge in [0.2, 0.25) is 5.91 Å². The Bertz CT molecular complexity index is 496. The van der Waals surface area contributed by atoms with Crippen LogP contribution < -0.4 is 11.1 Å². The third-order valence-electron chi connectivity index (χ3n) is 3.72. The highest BCUT2D eigenvalue weighted by Gasteiger charge is 2.25. The highest BCUT2D eigenvalue weighted by atomic mass is 19.1. The smallest absolute Gasteiger partial charge is 0.224 e. The Morgan fingerprint density at radius 1 is 1.43 bits per heavy atom. The van der Waals surface area contributed by atoms with Crippen LogP contribution in [0.4, 0.5) is 8.78 Å². The molecule has 0 aromatic heterocycles. The molecule has 4 nitrogen and oxygen atoms in total. The van der Waals surface area contributed by atoms with Gasteiger partial charge in [0, 0.05) is 31.7 Å². The second-order valence-corrected chi connectivity index (χ2v) is 5.39. The lowest BCUT2D eigenvalue weighted by Crippen LogP contribution is -2.43. The van der Waals surface area contributed by atoms with Gasteiger partial charge in [-0.2, -0.15) is 0 Å². The number of benzene rings is 1.